The van der Waals surface area contributed by atoms with E-state index in [1.165, 1.54) is 6.07 Å². The quantitative estimate of drug-likeness (QED) is 0.571. The lowest BCUT2D eigenvalue weighted by molar-refractivity contribution is 0.392. The van der Waals surface area contributed by atoms with Crippen LogP contribution in [0.3, 0.4) is 0 Å². The fraction of sp³-hybridized carbons (Fsp3) is 0.611. The third kappa shape index (κ3) is 6.99. The molecule has 0 heterocycles. The Labute approximate surface area is 140 Å². The van der Waals surface area contributed by atoms with Crippen molar-refractivity contribution in [2.45, 2.75) is 39.8 Å². The summed E-state index contributed by atoms with van der Waals surface area (Å²) in [5, 5.41) is 6.65. The van der Waals surface area contributed by atoms with Crippen molar-refractivity contribution >= 4 is 5.96 Å². The van der Waals surface area contributed by atoms with E-state index in [1.807, 2.05) is 31.1 Å². The van der Waals surface area contributed by atoms with Crippen LogP contribution in [0.1, 0.15) is 37.8 Å². The molecular weight excluding hydrogens is 291 g/mol. The SMILES string of the molecule is CCC(CC)CNC(=NC)NCc1ccc(F)c(CN(C)C)c1. The van der Waals surface area contributed by atoms with Crippen molar-refractivity contribution in [3.63, 3.8) is 0 Å². The van der Waals surface area contributed by atoms with Crippen molar-refractivity contribution < 1.29 is 4.39 Å². The molecule has 0 radical (unpaired) electrons. The average molecular weight is 322 g/mol. The minimum atomic E-state index is -0.154. The number of nitrogens with zero attached hydrogens (tertiary/aromatic N) is 2. The first-order chi connectivity index (χ1) is 11.0. The number of benzene rings is 1. The molecule has 0 aliphatic heterocycles. The van der Waals surface area contributed by atoms with Gasteiger partial charge in [-0.1, -0.05) is 32.8 Å². The Bertz CT molecular complexity index is 496. The van der Waals surface area contributed by atoms with Crippen LogP contribution in [0, 0.1) is 11.7 Å². The molecule has 1 rings (SSSR count). The largest absolute Gasteiger partial charge is 0.356 e. The van der Waals surface area contributed by atoms with Gasteiger partial charge in [0.25, 0.3) is 0 Å². The summed E-state index contributed by atoms with van der Waals surface area (Å²) in [6.45, 7) is 6.56. The van der Waals surface area contributed by atoms with Gasteiger partial charge in [0.1, 0.15) is 5.82 Å². The summed E-state index contributed by atoms with van der Waals surface area (Å²) in [7, 11) is 5.65. The molecule has 0 saturated heterocycles. The molecule has 0 aromatic heterocycles. The Hall–Kier alpha value is -1.62. The Morgan fingerprint density at radius 3 is 2.48 bits per heavy atom. The molecule has 0 fully saturated rings. The first-order valence-corrected chi connectivity index (χ1v) is 8.36. The first-order valence-electron chi connectivity index (χ1n) is 8.36. The molecule has 0 bridgehead atoms. The number of aliphatic imine (C=N–C) groups is 1. The zero-order chi connectivity index (χ0) is 17.2. The highest BCUT2D eigenvalue weighted by Crippen LogP contribution is 2.12. The van der Waals surface area contributed by atoms with Gasteiger partial charge in [0, 0.05) is 32.2 Å². The van der Waals surface area contributed by atoms with Gasteiger partial charge >= 0.3 is 0 Å². The Morgan fingerprint density at radius 1 is 1.22 bits per heavy atom. The van der Waals surface area contributed by atoms with Gasteiger partial charge in [-0.15, -0.1) is 0 Å². The lowest BCUT2D eigenvalue weighted by atomic mass is 10.0. The van der Waals surface area contributed by atoms with Gasteiger partial charge in [-0.05, 0) is 37.7 Å². The molecule has 130 valence electrons. The minimum absolute atomic E-state index is 0.154. The Kier molecular flexibility index (Phi) is 8.62. The standard InChI is InChI=1S/C18H31FN4/c1-6-14(7-2)11-21-18(20-3)22-12-15-8-9-17(19)16(10-15)13-23(4)5/h8-10,14H,6-7,11-13H2,1-5H3,(H2,20,21,22). The van der Waals surface area contributed by atoms with Gasteiger partial charge in [0.05, 0.1) is 0 Å². The molecule has 2 N–H and O–H groups in total. The summed E-state index contributed by atoms with van der Waals surface area (Å²) in [5.74, 6) is 1.29. The Balaban J connectivity index is 2.58. The number of halogens is 1. The first kappa shape index (κ1) is 19.4. The summed E-state index contributed by atoms with van der Waals surface area (Å²) in [4.78, 5) is 6.21. The van der Waals surface area contributed by atoms with Crippen LogP contribution < -0.4 is 10.6 Å². The highest BCUT2D eigenvalue weighted by Gasteiger charge is 2.07. The van der Waals surface area contributed by atoms with E-state index in [0.717, 1.165) is 30.9 Å². The lowest BCUT2D eigenvalue weighted by Crippen LogP contribution is -2.39. The number of nitrogens with one attached hydrogen (secondary N) is 2. The maximum absolute atomic E-state index is 13.8. The van der Waals surface area contributed by atoms with E-state index in [2.05, 4.69) is 29.5 Å². The Morgan fingerprint density at radius 2 is 1.91 bits per heavy atom. The summed E-state index contributed by atoms with van der Waals surface area (Å²) >= 11 is 0. The van der Waals surface area contributed by atoms with Crippen molar-refractivity contribution in [2.24, 2.45) is 10.9 Å². The second kappa shape index (κ2) is 10.2. The highest BCUT2D eigenvalue weighted by atomic mass is 19.1. The zero-order valence-corrected chi connectivity index (χ0v) is 15.1. The molecule has 1 aromatic rings. The van der Waals surface area contributed by atoms with Gasteiger partial charge in [-0.2, -0.15) is 0 Å². The molecule has 0 atom stereocenters. The van der Waals surface area contributed by atoms with E-state index in [4.69, 9.17) is 0 Å². The minimum Gasteiger partial charge on any atom is -0.356 e. The molecule has 1 aromatic carbocycles. The third-order valence-corrected chi connectivity index (χ3v) is 3.99. The monoisotopic (exact) mass is 322 g/mol. The smallest absolute Gasteiger partial charge is 0.191 e. The summed E-state index contributed by atoms with van der Waals surface area (Å²) in [6, 6.07) is 5.27. The molecule has 0 saturated carbocycles. The zero-order valence-electron chi connectivity index (χ0n) is 15.1. The predicted octanol–water partition coefficient (Wildman–Crippen LogP) is 2.99. The number of hydrogen-bond acceptors (Lipinski definition) is 2. The maximum Gasteiger partial charge on any atom is 0.191 e. The van der Waals surface area contributed by atoms with Gasteiger partial charge in [-0.3, -0.25) is 4.99 Å². The molecule has 23 heavy (non-hydrogen) atoms. The molecule has 0 spiro atoms. The average Bonchev–Trinajstić information content (AvgIpc) is 2.53. The van der Waals surface area contributed by atoms with Gasteiger partial charge < -0.3 is 15.5 Å². The highest BCUT2D eigenvalue weighted by molar-refractivity contribution is 5.79. The van der Waals surface area contributed by atoms with Crippen LogP contribution in [0.2, 0.25) is 0 Å². The van der Waals surface area contributed by atoms with Crippen molar-refractivity contribution in [3.8, 4) is 0 Å². The van der Waals surface area contributed by atoms with E-state index < -0.39 is 0 Å². The summed E-state index contributed by atoms with van der Waals surface area (Å²) in [5.41, 5.74) is 1.77. The van der Waals surface area contributed by atoms with Crippen molar-refractivity contribution in [3.05, 3.63) is 35.1 Å². The molecule has 0 unspecified atom stereocenters. The summed E-state index contributed by atoms with van der Waals surface area (Å²) in [6.07, 6.45) is 2.32. The molecule has 4 nitrogen and oxygen atoms in total. The van der Waals surface area contributed by atoms with E-state index in [-0.39, 0.29) is 5.82 Å². The molecule has 0 aliphatic rings. The molecule has 0 aliphatic carbocycles. The van der Waals surface area contributed by atoms with Crippen LogP contribution in [0.25, 0.3) is 0 Å². The number of hydrogen-bond donors (Lipinski definition) is 2. The lowest BCUT2D eigenvalue weighted by Gasteiger charge is -2.17. The van der Waals surface area contributed by atoms with Crippen LogP contribution in [-0.2, 0) is 13.1 Å². The van der Waals surface area contributed by atoms with Gasteiger partial charge in [0.2, 0.25) is 0 Å². The van der Waals surface area contributed by atoms with E-state index in [0.29, 0.717) is 24.6 Å². The van der Waals surface area contributed by atoms with Crippen LogP contribution in [0.4, 0.5) is 4.39 Å². The van der Waals surface area contributed by atoms with Crippen LogP contribution in [0.5, 0.6) is 0 Å². The van der Waals surface area contributed by atoms with E-state index >= 15 is 0 Å². The second-order valence-corrected chi connectivity index (χ2v) is 6.15. The van der Waals surface area contributed by atoms with Gasteiger partial charge in [0.15, 0.2) is 5.96 Å². The van der Waals surface area contributed by atoms with Gasteiger partial charge in [-0.25, -0.2) is 4.39 Å². The van der Waals surface area contributed by atoms with Crippen LogP contribution >= 0.6 is 0 Å². The van der Waals surface area contributed by atoms with Crippen molar-refractivity contribution in [1.29, 1.82) is 0 Å². The topological polar surface area (TPSA) is 39.7 Å². The van der Waals surface area contributed by atoms with E-state index in [9.17, 15) is 4.39 Å². The van der Waals surface area contributed by atoms with Crippen molar-refractivity contribution in [2.75, 3.05) is 27.7 Å². The van der Waals surface area contributed by atoms with Crippen molar-refractivity contribution in [1.82, 2.24) is 15.5 Å². The fourth-order valence-corrected chi connectivity index (χ4v) is 2.42. The third-order valence-electron chi connectivity index (χ3n) is 3.99. The van der Waals surface area contributed by atoms with E-state index in [1.54, 1.807) is 7.05 Å². The molecule has 0 amide bonds. The normalized spacial score (nSPS) is 12.1. The predicted molar refractivity (Wildman–Crippen MR) is 96.1 cm³/mol. The number of guanidine groups is 1. The molecular formula is C18H31FN4. The van der Waals surface area contributed by atoms with Crippen LogP contribution in [0.15, 0.2) is 23.2 Å². The molecule has 5 heteroatoms. The summed E-state index contributed by atoms with van der Waals surface area (Å²) < 4.78 is 13.8. The fourth-order valence-electron chi connectivity index (χ4n) is 2.42. The van der Waals surface area contributed by atoms with Crippen LogP contribution in [-0.4, -0.2) is 38.5 Å². The number of rotatable bonds is 8. The second-order valence-electron chi connectivity index (χ2n) is 6.15. The maximum atomic E-state index is 13.8.